The molecule has 3 rings (SSSR count). The minimum Gasteiger partial charge on any atom is -0.378 e. The van der Waals surface area contributed by atoms with E-state index in [1.165, 1.54) is 25.7 Å². The molecule has 0 amide bonds. The van der Waals surface area contributed by atoms with Gasteiger partial charge >= 0.3 is 0 Å². The van der Waals surface area contributed by atoms with Crippen LogP contribution in [0.5, 0.6) is 0 Å². The summed E-state index contributed by atoms with van der Waals surface area (Å²) in [6.07, 6.45) is 7.30. The fourth-order valence-corrected chi connectivity index (χ4v) is 2.99. The third-order valence-corrected chi connectivity index (χ3v) is 3.78. The van der Waals surface area contributed by atoms with Crippen LogP contribution in [0.25, 0.3) is 0 Å². The smallest absolute Gasteiger partial charge is 0.126 e. The predicted octanol–water partition coefficient (Wildman–Crippen LogP) is 2.45. The number of rotatable bonds is 2. The number of fused-ring (bicyclic) bond motifs is 1. The molecule has 1 aliphatic heterocycles. The van der Waals surface area contributed by atoms with Crippen LogP contribution in [-0.2, 0) is 4.74 Å². The normalized spacial score (nSPS) is 33.4. The van der Waals surface area contributed by atoms with Gasteiger partial charge in [0.05, 0.1) is 6.10 Å². The summed E-state index contributed by atoms with van der Waals surface area (Å²) < 4.78 is 5.76. The Hall–Kier alpha value is -1.09. The molecule has 0 bridgehead atoms. The van der Waals surface area contributed by atoms with E-state index in [2.05, 4.69) is 10.3 Å². The molecule has 1 saturated heterocycles. The maximum absolute atomic E-state index is 5.76. The Balaban J connectivity index is 1.70. The maximum Gasteiger partial charge on any atom is 0.126 e. The van der Waals surface area contributed by atoms with Crippen molar-refractivity contribution in [3.8, 4) is 0 Å². The van der Waals surface area contributed by atoms with Crippen LogP contribution in [0, 0.1) is 5.92 Å². The third kappa shape index (κ3) is 1.92. The molecular formula is C13H18N2O. The molecule has 3 unspecified atom stereocenters. The van der Waals surface area contributed by atoms with Gasteiger partial charge in [0.2, 0.25) is 0 Å². The Morgan fingerprint density at radius 1 is 1.25 bits per heavy atom. The summed E-state index contributed by atoms with van der Waals surface area (Å²) in [5, 5.41) is 3.56. The van der Waals surface area contributed by atoms with Crippen molar-refractivity contribution in [1.82, 2.24) is 4.98 Å². The second-order valence-electron chi connectivity index (χ2n) is 4.76. The summed E-state index contributed by atoms with van der Waals surface area (Å²) >= 11 is 0. The van der Waals surface area contributed by atoms with E-state index in [1.807, 2.05) is 24.4 Å². The SMILES string of the molecule is c1ccc(NC2CCCC3OCCC23)nc1. The molecule has 1 aliphatic carbocycles. The zero-order chi connectivity index (χ0) is 10.8. The zero-order valence-corrected chi connectivity index (χ0v) is 9.43. The van der Waals surface area contributed by atoms with Crippen molar-refractivity contribution in [3.05, 3.63) is 24.4 Å². The Labute approximate surface area is 96.2 Å². The number of pyridine rings is 1. The van der Waals surface area contributed by atoms with Gasteiger partial charge in [0.25, 0.3) is 0 Å². The summed E-state index contributed by atoms with van der Waals surface area (Å²) in [6, 6.07) is 6.57. The van der Waals surface area contributed by atoms with Gasteiger partial charge in [-0.25, -0.2) is 4.98 Å². The first-order valence-electron chi connectivity index (χ1n) is 6.22. The lowest BCUT2D eigenvalue weighted by Crippen LogP contribution is -2.38. The Morgan fingerprint density at radius 2 is 2.25 bits per heavy atom. The van der Waals surface area contributed by atoms with Crippen LogP contribution in [0.15, 0.2) is 24.4 Å². The maximum atomic E-state index is 5.76. The molecule has 16 heavy (non-hydrogen) atoms. The summed E-state index contributed by atoms with van der Waals surface area (Å²) in [6.45, 7) is 0.940. The van der Waals surface area contributed by atoms with Crippen molar-refractivity contribution in [2.75, 3.05) is 11.9 Å². The third-order valence-electron chi connectivity index (χ3n) is 3.78. The average Bonchev–Trinajstić information content (AvgIpc) is 2.80. The number of ether oxygens (including phenoxy) is 1. The second kappa shape index (κ2) is 4.42. The second-order valence-corrected chi connectivity index (χ2v) is 4.76. The largest absolute Gasteiger partial charge is 0.378 e. The lowest BCUT2D eigenvalue weighted by Gasteiger charge is -2.33. The molecule has 2 heterocycles. The standard InChI is InChI=1S/C13H18N2O/c1-2-8-14-13(6-1)15-11-4-3-5-12-10(11)7-9-16-12/h1-2,6,8,10-12H,3-5,7,9H2,(H,14,15). The van der Waals surface area contributed by atoms with Crippen LogP contribution in [0.3, 0.4) is 0 Å². The minimum atomic E-state index is 0.495. The number of aromatic nitrogens is 1. The molecule has 2 aliphatic rings. The summed E-state index contributed by atoms with van der Waals surface area (Å²) in [5.41, 5.74) is 0. The van der Waals surface area contributed by atoms with Gasteiger partial charge < -0.3 is 10.1 Å². The zero-order valence-electron chi connectivity index (χ0n) is 9.43. The van der Waals surface area contributed by atoms with E-state index in [0.29, 0.717) is 18.1 Å². The number of anilines is 1. The van der Waals surface area contributed by atoms with Gasteiger partial charge in [-0.05, 0) is 37.8 Å². The Bertz CT molecular complexity index is 341. The van der Waals surface area contributed by atoms with Gasteiger partial charge in [-0.15, -0.1) is 0 Å². The molecule has 3 heteroatoms. The molecule has 0 radical (unpaired) electrons. The van der Waals surface area contributed by atoms with E-state index in [9.17, 15) is 0 Å². The van der Waals surface area contributed by atoms with Crippen molar-refractivity contribution in [1.29, 1.82) is 0 Å². The van der Waals surface area contributed by atoms with E-state index in [0.717, 1.165) is 12.4 Å². The Kier molecular flexibility index (Phi) is 2.79. The molecule has 3 nitrogen and oxygen atoms in total. The van der Waals surface area contributed by atoms with E-state index in [1.54, 1.807) is 0 Å². The van der Waals surface area contributed by atoms with Gasteiger partial charge in [-0.3, -0.25) is 0 Å². The number of nitrogens with zero attached hydrogens (tertiary/aromatic N) is 1. The van der Waals surface area contributed by atoms with Crippen LogP contribution in [-0.4, -0.2) is 23.7 Å². The molecule has 86 valence electrons. The average molecular weight is 218 g/mol. The van der Waals surface area contributed by atoms with Crippen LogP contribution < -0.4 is 5.32 Å². The quantitative estimate of drug-likeness (QED) is 0.828. The summed E-state index contributed by atoms with van der Waals surface area (Å²) in [5.74, 6) is 1.69. The number of hydrogen-bond acceptors (Lipinski definition) is 3. The molecule has 0 spiro atoms. The van der Waals surface area contributed by atoms with Crippen LogP contribution in [0.2, 0.25) is 0 Å². The van der Waals surface area contributed by atoms with Gasteiger partial charge in [0.15, 0.2) is 0 Å². The monoisotopic (exact) mass is 218 g/mol. The number of hydrogen-bond donors (Lipinski definition) is 1. The lowest BCUT2D eigenvalue weighted by atomic mass is 9.82. The molecule has 0 aromatic carbocycles. The van der Waals surface area contributed by atoms with Crippen LogP contribution in [0.1, 0.15) is 25.7 Å². The fraction of sp³-hybridized carbons (Fsp3) is 0.615. The van der Waals surface area contributed by atoms with Gasteiger partial charge in [0.1, 0.15) is 5.82 Å². The highest BCUT2D eigenvalue weighted by Gasteiger charge is 2.37. The molecular weight excluding hydrogens is 200 g/mol. The minimum absolute atomic E-state index is 0.495. The van der Waals surface area contributed by atoms with Crippen molar-refractivity contribution < 1.29 is 4.74 Å². The topological polar surface area (TPSA) is 34.1 Å². The van der Waals surface area contributed by atoms with Gasteiger partial charge in [-0.2, -0.15) is 0 Å². The summed E-state index contributed by atoms with van der Waals surface area (Å²) in [7, 11) is 0. The summed E-state index contributed by atoms with van der Waals surface area (Å²) in [4.78, 5) is 4.34. The van der Waals surface area contributed by atoms with Crippen molar-refractivity contribution in [2.24, 2.45) is 5.92 Å². The highest BCUT2D eigenvalue weighted by Crippen LogP contribution is 2.35. The Morgan fingerprint density at radius 3 is 3.12 bits per heavy atom. The predicted molar refractivity (Wildman–Crippen MR) is 63.3 cm³/mol. The molecule has 1 saturated carbocycles. The van der Waals surface area contributed by atoms with Gasteiger partial charge in [-0.1, -0.05) is 6.07 Å². The highest BCUT2D eigenvalue weighted by molar-refractivity contribution is 5.35. The van der Waals surface area contributed by atoms with Crippen molar-refractivity contribution in [3.63, 3.8) is 0 Å². The van der Waals surface area contributed by atoms with E-state index in [4.69, 9.17) is 4.74 Å². The van der Waals surface area contributed by atoms with Gasteiger partial charge in [0, 0.05) is 24.8 Å². The molecule has 1 aromatic rings. The molecule has 1 N–H and O–H groups in total. The highest BCUT2D eigenvalue weighted by atomic mass is 16.5. The fourth-order valence-electron chi connectivity index (χ4n) is 2.99. The first kappa shape index (κ1) is 10.1. The van der Waals surface area contributed by atoms with E-state index < -0.39 is 0 Å². The van der Waals surface area contributed by atoms with Crippen LogP contribution in [0.4, 0.5) is 5.82 Å². The lowest BCUT2D eigenvalue weighted by molar-refractivity contribution is 0.0619. The first-order valence-corrected chi connectivity index (χ1v) is 6.22. The number of nitrogens with one attached hydrogen (secondary N) is 1. The van der Waals surface area contributed by atoms with E-state index in [-0.39, 0.29) is 0 Å². The molecule has 1 aromatic heterocycles. The van der Waals surface area contributed by atoms with E-state index >= 15 is 0 Å². The van der Waals surface area contributed by atoms with Crippen molar-refractivity contribution in [2.45, 2.75) is 37.8 Å². The first-order chi connectivity index (χ1) is 7.93. The van der Waals surface area contributed by atoms with Crippen LogP contribution >= 0.6 is 0 Å². The van der Waals surface area contributed by atoms with Crippen molar-refractivity contribution >= 4 is 5.82 Å². The molecule has 2 fully saturated rings. The molecule has 3 atom stereocenters.